The maximum absolute atomic E-state index is 11.9. The van der Waals surface area contributed by atoms with Gasteiger partial charge >= 0.3 is 0 Å². The van der Waals surface area contributed by atoms with E-state index in [1.165, 1.54) is 23.3 Å². The number of nitrogens with two attached hydrogens (primary N) is 1. The van der Waals surface area contributed by atoms with Gasteiger partial charge in [-0.3, -0.25) is 4.68 Å². The third-order valence-corrected chi connectivity index (χ3v) is 3.65. The Morgan fingerprint density at radius 2 is 2.33 bits per heavy atom. The van der Waals surface area contributed by atoms with Crippen LogP contribution in [-0.4, -0.2) is 24.7 Å². The van der Waals surface area contributed by atoms with E-state index >= 15 is 0 Å². The summed E-state index contributed by atoms with van der Waals surface area (Å²) in [6.45, 7) is 0.992. The molecule has 0 fully saturated rings. The van der Waals surface area contributed by atoms with Crippen LogP contribution in [0.5, 0.6) is 0 Å². The van der Waals surface area contributed by atoms with Crippen molar-refractivity contribution in [2.75, 3.05) is 6.54 Å². The van der Waals surface area contributed by atoms with Crippen LogP contribution >= 0.6 is 0 Å². The zero-order valence-corrected chi connectivity index (χ0v) is 10.4. The minimum Gasteiger partial charge on any atom is -0.468 e. The molecule has 0 saturated carbocycles. The van der Waals surface area contributed by atoms with Gasteiger partial charge in [0.25, 0.3) is 0 Å². The molecule has 98 valence electrons. The molecule has 0 amide bonds. The third kappa shape index (κ3) is 2.97. The van der Waals surface area contributed by atoms with Gasteiger partial charge in [-0.05, 0) is 12.1 Å². The Morgan fingerprint density at radius 3 is 3.00 bits per heavy atom. The van der Waals surface area contributed by atoms with E-state index in [1.54, 1.807) is 12.1 Å². The van der Waals surface area contributed by atoms with E-state index in [0.717, 1.165) is 0 Å². The fraction of sp³-hybridized carbons (Fsp3) is 0.300. The molecule has 0 aromatic carbocycles. The summed E-state index contributed by atoms with van der Waals surface area (Å²) in [4.78, 5) is 0.113. The standard InChI is InChI=1S/C10H14N4O3S/c11-3-4-14-8-10(7-12-14)18(15,16)13-6-9-2-1-5-17-9/h1-2,5,7-8,13H,3-4,6,11H2. The second kappa shape index (κ2) is 5.34. The molecule has 2 rings (SSSR count). The Labute approximate surface area is 105 Å². The van der Waals surface area contributed by atoms with Crippen molar-refractivity contribution in [1.29, 1.82) is 0 Å². The first-order valence-electron chi connectivity index (χ1n) is 5.36. The molecule has 0 aliphatic heterocycles. The van der Waals surface area contributed by atoms with Gasteiger partial charge in [-0.15, -0.1) is 0 Å². The lowest BCUT2D eigenvalue weighted by atomic mass is 10.5. The lowest BCUT2D eigenvalue weighted by Gasteiger charge is -2.02. The van der Waals surface area contributed by atoms with Crippen LogP contribution in [0.1, 0.15) is 5.76 Å². The molecule has 0 radical (unpaired) electrons. The fourth-order valence-corrected chi connectivity index (χ4v) is 2.35. The number of aromatic nitrogens is 2. The minimum atomic E-state index is -3.57. The smallest absolute Gasteiger partial charge is 0.244 e. The van der Waals surface area contributed by atoms with Gasteiger partial charge < -0.3 is 10.2 Å². The maximum atomic E-state index is 11.9. The lowest BCUT2D eigenvalue weighted by molar-refractivity contribution is 0.498. The molecule has 0 bridgehead atoms. The number of nitrogens with one attached hydrogen (secondary N) is 1. The summed E-state index contributed by atoms with van der Waals surface area (Å²) in [5, 5.41) is 3.91. The zero-order valence-electron chi connectivity index (χ0n) is 9.61. The van der Waals surface area contributed by atoms with Gasteiger partial charge in [-0.2, -0.15) is 5.10 Å². The second-order valence-corrected chi connectivity index (χ2v) is 5.40. The summed E-state index contributed by atoms with van der Waals surface area (Å²) >= 11 is 0. The van der Waals surface area contributed by atoms with Gasteiger partial charge in [-0.25, -0.2) is 13.1 Å². The van der Waals surface area contributed by atoms with E-state index in [0.29, 0.717) is 18.8 Å². The lowest BCUT2D eigenvalue weighted by Crippen LogP contribution is -2.22. The average molecular weight is 270 g/mol. The molecule has 2 aromatic rings. The van der Waals surface area contributed by atoms with Gasteiger partial charge in [0.15, 0.2) is 0 Å². The van der Waals surface area contributed by atoms with E-state index in [1.807, 2.05) is 0 Å². The molecule has 0 spiro atoms. The van der Waals surface area contributed by atoms with Gasteiger partial charge in [-0.1, -0.05) is 0 Å². The quantitative estimate of drug-likeness (QED) is 0.763. The normalized spacial score (nSPS) is 11.8. The van der Waals surface area contributed by atoms with Gasteiger partial charge in [0.1, 0.15) is 10.7 Å². The molecule has 8 heteroatoms. The molecule has 2 heterocycles. The van der Waals surface area contributed by atoms with Crippen LogP contribution in [0.25, 0.3) is 0 Å². The Hall–Kier alpha value is -1.64. The zero-order chi connectivity index (χ0) is 13.0. The van der Waals surface area contributed by atoms with Crippen LogP contribution in [0.4, 0.5) is 0 Å². The molecule has 0 atom stereocenters. The highest BCUT2D eigenvalue weighted by molar-refractivity contribution is 7.89. The Kier molecular flexibility index (Phi) is 3.80. The number of rotatable bonds is 6. The van der Waals surface area contributed by atoms with Crippen LogP contribution in [0, 0.1) is 0 Å². The van der Waals surface area contributed by atoms with E-state index in [4.69, 9.17) is 10.2 Å². The number of hydrogen-bond donors (Lipinski definition) is 2. The third-order valence-electron chi connectivity index (χ3n) is 2.29. The Balaban J connectivity index is 2.05. The molecule has 0 aliphatic rings. The topological polar surface area (TPSA) is 103 Å². The number of hydrogen-bond acceptors (Lipinski definition) is 5. The summed E-state index contributed by atoms with van der Waals surface area (Å²) in [5.41, 5.74) is 5.36. The van der Waals surface area contributed by atoms with Gasteiger partial charge in [0, 0.05) is 12.7 Å². The van der Waals surface area contributed by atoms with Crippen LogP contribution in [0.3, 0.4) is 0 Å². The summed E-state index contributed by atoms with van der Waals surface area (Å²) in [6.07, 6.45) is 4.22. The first-order chi connectivity index (χ1) is 8.62. The minimum absolute atomic E-state index is 0.109. The summed E-state index contributed by atoms with van der Waals surface area (Å²) in [6, 6.07) is 3.39. The van der Waals surface area contributed by atoms with Crippen molar-refractivity contribution >= 4 is 10.0 Å². The monoisotopic (exact) mass is 270 g/mol. The number of nitrogens with zero attached hydrogens (tertiary/aromatic N) is 2. The fourth-order valence-electron chi connectivity index (χ4n) is 1.40. The number of sulfonamides is 1. The van der Waals surface area contributed by atoms with Crippen molar-refractivity contribution in [2.24, 2.45) is 5.73 Å². The van der Waals surface area contributed by atoms with Crippen molar-refractivity contribution < 1.29 is 12.8 Å². The van der Waals surface area contributed by atoms with E-state index in [-0.39, 0.29) is 11.4 Å². The highest BCUT2D eigenvalue weighted by atomic mass is 32.2. The predicted molar refractivity (Wildman–Crippen MR) is 64.0 cm³/mol. The van der Waals surface area contributed by atoms with Crippen LogP contribution in [-0.2, 0) is 23.1 Å². The molecular weight excluding hydrogens is 256 g/mol. The first-order valence-corrected chi connectivity index (χ1v) is 6.85. The molecule has 18 heavy (non-hydrogen) atoms. The van der Waals surface area contributed by atoms with Crippen LogP contribution < -0.4 is 10.5 Å². The summed E-state index contributed by atoms with van der Waals surface area (Å²) in [7, 11) is -3.57. The van der Waals surface area contributed by atoms with E-state index < -0.39 is 10.0 Å². The average Bonchev–Trinajstić information content (AvgIpc) is 2.98. The van der Waals surface area contributed by atoms with E-state index in [9.17, 15) is 8.42 Å². The summed E-state index contributed by atoms with van der Waals surface area (Å²) < 4.78 is 32.8. The first kappa shape index (κ1) is 12.8. The molecule has 0 saturated heterocycles. The Bertz CT molecular complexity index is 588. The molecule has 3 N–H and O–H groups in total. The predicted octanol–water partition coefficient (Wildman–Crippen LogP) is -0.0867. The van der Waals surface area contributed by atoms with Crippen LogP contribution in [0.2, 0.25) is 0 Å². The second-order valence-electron chi connectivity index (χ2n) is 3.63. The van der Waals surface area contributed by atoms with Crippen molar-refractivity contribution in [2.45, 2.75) is 18.0 Å². The highest BCUT2D eigenvalue weighted by Gasteiger charge is 2.16. The van der Waals surface area contributed by atoms with Crippen molar-refractivity contribution in [3.05, 3.63) is 36.5 Å². The highest BCUT2D eigenvalue weighted by Crippen LogP contribution is 2.08. The van der Waals surface area contributed by atoms with Gasteiger partial charge in [0.2, 0.25) is 10.0 Å². The summed E-state index contributed by atoms with van der Waals surface area (Å²) in [5.74, 6) is 0.549. The number of furan rings is 1. The molecule has 7 nitrogen and oxygen atoms in total. The van der Waals surface area contributed by atoms with Crippen molar-refractivity contribution in [3.63, 3.8) is 0 Å². The van der Waals surface area contributed by atoms with E-state index in [2.05, 4.69) is 9.82 Å². The molecule has 2 aromatic heterocycles. The van der Waals surface area contributed by atoms with Gasteiger partial charge in [0.05, 0.1) is 25.5 Å². The molecule has 0 unspecified atom stereocenters. The van der Waals surface area contributed by atoms with Crippen LogP contribution in [0.15, 0.2) is 40.1 Å². The van der Waals surface area contributed by atoms with Crippen molar-refractivity contribution in [1.82, 2.24) is 14.5 Å². The largest absolute Gasteiger partial charge is 0.468 e. The molecular formula is C10H14N4O3S. The van der Waals surface area contributed by atoms with Crippen molar-refractivity contribution in [3.8, 4) is 0 Å². The maximum Gasteiger partial charge on any atom is 0.244 e. The Morgan fingerprint density at radius 1 is 1.50 bits per heavy atom. The SMILES string of the molecule is NCCn1cc(S(=O)(=O)NCc2ccco2)cn1. The molecule has 0 aliphatic carbocycles.